The summed E-state index contributed by atoms with van der Waals surface area (Å²) in [5.41, 5.74) is -1.48. The minimum absolute atomic E-state index is 0.0895. The smallest absolute Gasteiger partial charge is 0.265 e. The fourth-order valence-electron chi connectivity index (χ4n) is 7.75. The molecule has 5 aliphatic rings. The minimum atomic E-state index is -3.89. The molecule has 32 heavy (non-hydrogen) atoms. The topological polar surface area (TPSA) is 102 Å². The molecule has 0 radical (unpaired) electrons. The predicted molar refractivity (Wildman–Crippen MR) is 118 cm³/mol. The molecular formula is C24H36O7S. The molecule has 7 nitrogen and oxygen atoms in total. The standard InChI is InChI=1S/C24H36O7S/c1-12-10-23-13(2)8-16-17(21(16,3)4)15(18(23)25)9-14-11-29-22(5,6)30-20(14)24(23,26)19(12)31-32(7,27)28/h9-10,13,15-20,25-26H,8,11H2,1-7H3/t13-,15+,16-,17+,18?,19+,20-,23+,24-/m1/s1. The molecule has 0 amide bonds. The third-order valence-corrected chi connectivity index (χ3v) is 9.75. The molecule has 0 aromatic heterocycles. The second kappa shape index (κ2) is 6.46. The lowest BCUT2D eigenvalue weighted by Crippen LogP contribution is -2.69. The van der Waals surface area contributed by atoms with Gasteiger partial charge in [-0.3, -0.25) is 4.18 Å². The zero-order valence-corrected chi connectivity index (χ0v) is 20.8. The van der Waals surface area contributed by atoms with Crippen LogP contribution in [-0.4, -0.2) is 61.2 Å². The number of hydrogen-bond acceptors (Lipinski definition) is 7. The van der Waals surface area contributed by atoms with Crippen molar-refractivity contribution in [3.8, 4) is 0 Å². The maximum absolute atomic E-state index is 12.7. The molecule has 4 aliphatic carbocycles. The highest BCUT2D eigenvalue weighted by molar-refractivity contribution is 7.86. The molecule has 1 aliphatic heterocycles. The second-order valence-electron chi connectivity index (χ2n) is 11.9. The molecular weight excluding hydrogens is 432 g/mol. The number of aliphatic hydroxyl groups excluding tert-OH is 1. The van der Waals surface area contributed by atoms with Gasteiger partial charge in [0.2, 0.25) is 0 Å². The van der Waals surface area contributed by atoms with E-state index in [4.69, 9.17) is 13.7 Å². The van der Waals surface area contributed by atoms with Crippen molar-refractivity contribution in [1.82, 2.24) is 0 Å². The molecule has 1 spiro atoms. The highest BCUT2D eigenvalue weighted by atomic mass is 32.2. The molecule has 1 saturated heterocycles. The summed E-state index contributed by atoms with van der Waals surface area (Å²) in [6.07, 6.45) is 2.83. The Morgan fingerprint density at radius 3 is 2.50 bits per heavy atom. The van der Waals surface area contributed by atoms with E-state index in [9.17, 15) is 18.6 Å². The first kappa shape index (κ1) is 23.0. The van der Waals surface area contributed by atoms with Gasteiger partial charge in [0.25, 0.3) is 10.1 Å². The van der Waals surface area contributed by atoms with Gasteiger partial charge < -0.3 is 19.7 Å². The van der Waals surface area contributed by atoms with Crippen LogP contribution in [0.2, 0.25) is 0 Å². The molecule has 0 aromatic rings. The van der Waals surface area contributed by atoms with Gasteiger partial charge in [-0.05, 0) is 61.5 Å². The van der Waals surface area contributed by atoms with E-state index < -0.39 is 45.2 Å². The Morgan fingerprint density at radius 1 is 1.22 bits per heavy atom. The molecule has 8 heteroatoms. The maximum Gasteiger partial charge on any atom is 0.265 e. The number of fused-ring (bicyclic) bond motifs is 5. The summed E-state index contributed by atoms with van der Waals surface area (Å²) in [5, 5.41) is 24.7. The SMILES string of the molecule is CC1=C[C@]23C(O)[C@@H](C=C4COC(C)(C)O[C@H]4[C@]2(O)[C@H]1OS(C)(=O)=O)[C@H]1[C@@H](C[C@H]3C)C1(C)C. The van der Waals surface area contributed by atoms with Crippen LogP contribution in [0, 0.1) is 34.5 Å². The fraction of sp³-hybridized carbons (Fsp3) is 0.833. The molecule has 2 N–H and O–H groups in total. The third kappa shape index (κ3) is 2.80. The van der Waals surface area contributed by atoms with Gasteiger partial charge in [-0.15, -0.1) is 0 Å². The van der Waals surface area contributed by atoms with E-state index in [2.05, 4.69) is 20.8 Å². The number of hydrogen-bond donors (Lipinski definition) is 2. The van der Waals surface area contributed by atoms with E-state index in [-0.39, 0.29) is 29.8 Å². The van der Waals surface area contributed by atoms with Crippen molar-refractivity contribution >= 4 is 10.1 Å². The Balaban J connectivity index is 1.76. The number of rotatable bonds is 2. The van der Waals surface area contributed by atoms with Crippen molar-refractivity contribution in [3.05, 3.63) is 23.3 Å². The van der Waals surface area contributed by atoms with Crippen LogP contribution >= 0.6 is 0 Å². The van der Waals surface area contributed by atoms with E-state index in [1.54, 1.807) is 20.8 Å². The molecule has 180 valence electrons. The van der Waals surface area contributed by atoms with Crippen molar-refractivity contribution in [3.63, 3.8) is 0 Å². The summed E-state index contributed by atoms with van der Waals surface area (Å²) >= 11 is 0. The Bertz CT molecular complexity index is 1010. The van der Waals surface area contributed by atoms with Gasteiger partial charge in [0, 0.05) is 5.92 Å². The molecule has 9 atom stereocenters. The first-order chi connectivity index (χ1) is 14.6. The highest BCUT2D eigenvalue weighted by Crippen LogP contribution is 2.73. The third-order valence-electron chi connectivity index (χ3n) is 9.21. The second-order valence-corrected chi connectivity index (χ2v) is 13.5. The van der Waals surface area contributed by atoms with Gasteiger partial charge in [-0.2, -0.15) is 8.42 Å². The van der Waals surface area contributed by atoms with Crippen LogP contribution in [0.25, 0.3) is 0 Å². The lowest BCUT2D eigenvalue weighted by atomic mass is 9.58. The molecule has 0 aromatic carbocycles. The average Bonchev–Trinajstić information content (AvgIpc) is 3.14. The van der Waals surface area contributed by atoms with E-state index >= 15 is 0 Å². The quantitative estimate of drug-likeness (QED) is 0.474. The molecule has 1 unspecified atom stereocenters. The van der Waals surface area contributed by atoms with Gasteiger partial charge in [-0.1, -0.05) is 32.9 Å². The zero-order chi connectivity index (χ0) is 23.6. The van der Waals surface area contributed by atoms with E-state index in [0.29, 0.717) is 11.5 Å². The van der Waals surface area contributed by atoms with Crippen molar-refractivity contribution in [2.24, 2.45) is 34.5 Å². The van der Waals surface area contributed by atoms with E-state index in [0.717, 1.165) is 18.2 Å². The largest absolute Gasteiger partial charge is 0.391 e. The van der Waals surface area contributed by atoms with Crippen molar-refractivity contribution < 1.29 is 32.3 Å². The summed E-state index contributed by atoms with van der Waals surface area (Å²) in [6.45, 7) is 12.1. The summed E-state index contributed by atoms with van der Waals surface area (Å²) in [5.74, 6) is -0.601. The average molecular weight is 469 g/mol. The first-order valence-corrected chi connectivity index (χ1v) is 13.4. The Kier molecular flexibility index (Phi) is 4.64. The highest BCUT2D eigenvalue weighted by Gasteiger charge is 2.77. The van der Waals surface area contributed by atoms with Gasteiger partial charge in [0.15, 0.2) is 5.79 Å². The molecule has 1 heterocycles. The molecule has 2 bridgehead atoms. The Labute approximate surface area is 190 Å². The van der Waals surface area contributed by atoms with Crippen LogP contribution in [0.5, 0.6) is 0 Å². The van der Waals surface area contributed by atoms with Crippen molar-refractivity contribution in [2.45, 2.75) is 77.7 Å². The van der Waals surface area contributed by atoms with Crippen molar-refractivity contribution in [1.29, 1.82) is 0 Å². The molecule has 3 fully saturated rings. The maximum atomic E-state index is 12.7. The Hall–Kier alpha value is -0.770. The fourth-order valence-corrected chi connectivity index (χ4v) is 8.40. The van der Waals surface area contributed by atoms with E-state index in [1.807, 2.05) is 12.2 Å². The van der Waals surface area contributed by atoms with Crippen LogP contribution < -0.4 is 0 Å². The summed E-state index contributed by atoms with van der Waals surface area (Å²) in [7, 11) is -3.89. The normalized spacial score (nSPS) is 50.7. The summed E-state index contributed by atoms with van der Waals surface area (Å²) < 4.78 is 42.4. The molecule has 2 saturated carbocycles. The van der Waals surface area contributed by atoms with Crippen LogP contribution in [-0.2, 0) is 23.8 Å². The van der Waals surface area contributed by atoms with Gasteiger partial charge in [-0.25, -0.2) is 0 Å². The number of aliphatic hydroxyl groups is 2. The van der Waals surface area contributed by atoms with Crippen LogP contribution in [0.1, 0.15) is 48.0 Å². The molecule has 5 rings (SSSR count). The van der Waals surface area contributed by atoms with E-state index in [1.165, 1.54) is 0 Å². The van der Waals surface area contributed by atoms with Gasteiger partial charge in [0.1, 0.15) is 17.8 Å². The van der Waals surface area contributed by atoms with Crippen LogP contribution in [0.3, 0.4) is 0 Å². The van der Waals surface area contributed by atoms with Crippen LogP contribution in [0.15, 0.2) is 23.3 Å². The monoisotopic (exact) mass is 468 g/mol. The van der Waals surface area contributed by atoms with Gasteiger partial charge in [0.05, 0.1) is 24.4 Å². The summed E-state index contributed by atoms with van der Waals surface area (Å²) in [6, 6.07) is 0. The van der Waals surface area contributed by atoms with Gasteiger partial charge >= 0.3 is 0 Å². The number of ether oxygens (including phenoxy) is 2. The first-order valence-electron chi connectivity index (χ1n) is 11.6. The minimum Gasteiger partial charge on any atom is -0.391 e. The van der Waals surface area contributed by atoms with Crippen LogP contribution in [0.4, 0.5) is 0 Å². The summed E-state index contributed by atoms with van der Waals surface area (Å²) in [4.78, 5) is 0. The van der Waals surface area contributed by atoms with Crippen molar-refractivity contribution in [2.75, 3.05) is 12.9 Å². The Morgan fingerprint density at radius 2 is 1.88 bits per heavy atom. The predicted octanol–water partition coefficient (Wildman–Crippen LogP) is 2.39. The zero-order valence-electron chi connectivity index (χ0n) is 20.0. The lowest BCUT2D eigenvalue weighted by molar-refractivity contribution is -0.310. The lowest BCUT2D eigenvalue weighted by Gasteiger charge is -2.55.